The number of carbonyl (C=O) groups is 1. The standard InChI is InChI=1S/C13H24O2/c1-4-12(14)10(2)13(15-3)11-8-6-5-7-9-11/h10-11,13H,4-9H2,1-3H3/t10-,13-/m1/s1. The maximum Gasteiger partial charge on any atom is 0.138 e. The molecule has 0 spiro atoms. The lowest BCUT2D eigenvalue weighted by Gasteiger charge is -2.32. The Labute approximate surface area is 93.4 Å². The van der Waals surface area contributed by atoms with E-state index in [0.29, 0.717) is 18.1 Å². The minimum Gasteiger partial charge on any atom is -0.380 e. The van der Waals surface area contributed by atoms with Crippen molar-refractivity contribution in [2.75, 3.05) is 7.11 Å². The number of methoxy groups -OCH3 is 1. The molecule has 0 unspecified atom stereocenters. The molecular weight excluding hydrogens is 188 g/mol. The van der Waals surface area contributed by atoms with Gasteiger partial charge < -0.3 is 4.74 Å². The summed E-state index contributed by atoms with van der Waals surface area (Å²) in [4.78, 5) is 11.7. The lowest BCUT2D eigenvalue weighted by atomic mass is 9.79. The molecule has 0 radical (unpaired) electrons. The first kappa shape index (κ1) is 12.7. The van der Waals surface area contributed by atoms with E-state index in [9.17, 15) is 4.79 Å². The van der Waals surface area contributed by atoms with Crippen LogP contribution in [0.1, 0.15) is 52.4 Å². The summed E-state index contributed by atoms with van der Waals surface area (Å²) in [6.07, 6.45) is 7.21. The second-order valence-corrected chi connectivity index (χ2v) is 4.71. The van der Waals surface area contributed by atoms with Crippen LogP contribution in [0, 0.1) is 11.8 Å². The van der Waals surface area contributed by atoms with Crippen molar-refractivity contribution in [3.05, 3.63) is 0 Å². The highest BCUT2D eigenvalue weighted by atomic mass is 16.5. The maximum atomic E-state index is 11.7. The summed E-state index contributed by atoms with van der Waals surface area (Å²) in [6, 6.07) is 0. The van der Waals surface area contributed by atoms with Crippen molar-refractivity contribution >= 4 is 5.78 Å². The summed E-state index contributed by atoms with van der Waals surface area (Å²) in [5.41, 5.74) is 0. The molecule has 0 aromatic carbocycles. The van der Waals surface area contributed by atoms with Crippen LogP contribution in [0.25, 0.3) is 0 Å². The molecule has 0 bridgehead atoms. The maximum absolute atomic E-state index is 11.7. The quantitative estimate of drug-likeness (QED) is 0.699. The van der Waals surface area contributed by atoms with Gasteiger partial charge in [-0.1, -0.05) is 33.1 Å². The molecule has 1 aliphatic rings. The van der Waals surface area contributed by atoms with E-state index in [0.717, 1.165) is 0 Å². The fraction of sp³-hybridized carbons (Fsp3) is 0.923. The second kappa shape index (κ2) is 6.26. The van der Waals surface area contributed by atoms with Gasteiger partial charge in [-0.2, -0.15) is 0 Å². The van der Waals surface area contributed by atoms with Crippen LogP contribution in [0.3, 0.4) is 0 Å². The van der Waals surface area contributed by atoms with Gasteiger partial charge in [-0.15, -0.1) is 0 Å². The molecular formula is C13H24O2. The molecule has 0 aromatic heterocycles. The fourth-order valence-electron chi connectivity index (χ4n) is 2.77. The van der Waals surface area contributed by atoms with Crippen molar-refractivity contribution in [2.45, 2.75) is 58.5 Å². The summed E-state index contributed by atoms with van der Waals surface area (Å²) >= 11 is 0. The van der Waals surface area contributed by atoms with Gasteiger partial charge in [-0.05, 0) is 18.8 Å². The zero-order valence-corrected chi connectivity index (χ0v) is 10.3. The smallest absolute Gasteiger partial charge is 0.138 e. The van der Waals surface area contributed by atoms with Crippen LogP contribution in [0.4, 0.5) is 0 Å². The molecule has 0 saturated heterocycles. The summed E-state index contributed by atoms with van der Waals surface area (Å²) < 4.78 is 5.55. The van der Waals surface area contributed by atoms with Crippen LogP contribution >= 0.6 is 0 Å². The number of rotatable bonds is 5. The van der Waals surface area contributed by atoms with Gasteiger partial charge in [0, 0.05) is 19.4 Å². The largest absolute Gasteiger partial charge is 0.380 e. The third-order valence-electron chi connectivity index (χ3n) is 3.74. The van der Waals surface area contributed by atoms with E-state index in [2.05, 4.69) is 0 Å². The van der Waals surface area contributed by atoms with Gasteiger partial charge in [0.25, 0.3) is 0 Å². The number of hydrogen-bond donors (Lipinski definition) is 0. The molecule has 0 N–H and O–H groups in total. The van der Waals surface area contributed by atoms with Gasteiger partial charge in [0.15, 0.2) is 0 Å². The van der Waals surface area contributed by atoms with Crippen LogP contribution in [-0.2, 0) is 9.53 Å². The molecule has 0 aromatic rings. The molecule has 15 heavy (non-hydrogen) atoms. The lowest BCUT2D eigenvalue weighted by molar-refractivity contribution is -0.128. The Morgan fingerprint density at radius 1 is 1.33 bits per heavy atom. The third-order valence-corrected chi connectivity index (χ3v) is 3.74. The fourth-order valence-corrected chi connectivity index (χ4v) is 2.77. The summed E-state index contributed by atoms with van der Waals surface area (Å²) in [7, 11) is 1.75. The first-order valence-electron chi connectivity index (χ1n) is 6.26. The normalized spacial score (nSPS) is 22.3. The molecule has 2 atom stereocenters. The van der Waals surface area contributed by atoms with E-state index in [1.165, 1.54) is 32.1 Å². The Morgan fingerprint density at radius 3 is 2.40 bits per heavy atom. The van der Waals surface area contributed by atoms with E-state index < -0.39 is 0 Å². The number of carbonyl (C=O) groups excluding carboxylic acids is 1. The number of Topliss-reactive ketones (excluding diaryl/α,β-unsaturated/α-hetero) is 1. The summed E-state index contributed by atoms with van der Waals surface area (Å²) in [5.74, 6) is 1.02. The third kappa shape index (κ3) is 3.30. The topological polar surface area (TPSA) is 26.3 Å². The zero-order chi connectivity index (χ0) is 11.3. The molecule has 1 rings (SSSR count). The van der Waals surface area contributed by atoms with Crippen LogP contribution in [0.5, 0.6) is 0 Å². The van der Waals surface area contributed by atoms with Crippen LogP contribution in [0.2, 0.25) is 0 Å². The van der Waals surface area contributed by atoms with E-state index >= 15 is 0 Å². The van der Waals surface area contributed by atoms with Crippen LogP contribution in [-0.4, -0.2) is 19.0 Å². The molecule has 2 heteroatoms. The molecule has 0 amide bonds. The highest BCUT2D eigenvalue weighted by Crippen LogP contribution is 2.31. The first-order valence-corrected chi connectivity index (χ1v) is 6.26. The minimum atomic E-state index is 0.0723. The summed E-state index contributed by atoms with van der Waals surface area (Å²) in [6.45, 7) is 3.96. The second-order valence-electron chi connectivity index (χ2n) is 4.71. The average molecular weight is 212 g/mol. The van der Waals surface area contributed by atoms with Gasteiger partial charge in [0.05, 0.1) is 6.10 Å². The SMILES string of the molecule is CCC(=O)[C@@H](C)[C@@H](OC)C1CCCCC1. The van der Waals surface area contributed by atoms with E-state index in [1.54, 1.807) is 7.11 Å². The van der Waals surface area contributed by atoms with E-state index in [1.807, 2.05) is 13.8 Å². The molecule has 1 aliphatic carbocycles. The summed E-state index contributed by atoms with van der Waals surface area (Å²) in [5, 5.41) is 0. The number of ketones is 1. The van der Waals surface area contributed by atoms with Gasteiger partial charge >= 0.3 is 0 Å². The van der Waals surface area contributed by atoms with Crippen molar-refractivity contribution in [1.29, 1.82) is 0 Å². The van der Waals surface area contributed by atoms with Gasteiger partial charge in [0.2, 0.25) is 0 Å². The van der Waals surface area contributed by atoms with Crippen molar-refractivity contribution < 1.29 is 9.53 Å². The Kier molecular flexibility index (Phi) is 5.30. The van der Waals surface area contributed by atoms with Gasteiger partial charge in [0.1, 0.15) is 5.78 Å². The van der Waals surface area contributed by atoms with Gasteiger partial charge in [-0.25, -0.2) is 0 Å². The predicted molar refractivity (Wildman–Crippen MR) is 61.8 cm³/mol. The van der Waals surface area contributed by atoms with Gasteiger partial charge in [-0.3, -0.25) is 4.79 Å². The van der Waals surface area contributed by atoms with E-state index in [4.69, 9.17) is 4.74 Å². The highest BCUT2D eigenvalue weighted by Gasteiger charge is 2.30. The Morgan fingerprint density at radius 2 is 1.93 bits per heavy atom. The highest BCUT2D eigenvalue weighted by molar-refractivity contribution is 5.80. The van der Waals surface area contributed by atoms with Crippen molar-refractivity contribution in [2.24, 2.45) is 11.8 Å². The van der Waals surface area contributed by atoms with Crippen molar-refractivity contribution in [1.82, 2.24) is 0 Å². The van der Waals surface area contributed by atoms with Crippen molar-refractivity contribution in [3.8, 4) is 0 Å². The minimum absolute atomic E-state index is 0.0723. The Hall–Kier alpha value is -0.370. The number of ether oxygens (including phenoxy) is 1. The predicted octanol–water partition coefficient (Wildman–Crippen LogP) is 3.20. The molecule has 0 aliphatic heterocycles. The lowest BCUT2D eigenvalue weighted by Crippen LogP contribution is -2.35. The Bertz CT molecular complexity index is 195. The number of hydrogen-bond acceptors (Lipinski definition) is 2. The van der Waals surface area contributed by atoms with Crippen LogP contribution in [0.15, 0.2) is 0 Å². The first-order chi connectivity index (χ1) is 7.20. The molecule has 1 saturated carbocycles. The molecule has 88 valence electrons. The average Bonchev–Trinajstić information content (AvgIpc) is 2.30. The zero-order valence-electron chi connectivity index (χ0n) is 10.3. The monoisotopic (exact) mass is 212 g/mol. The Balaban J connectivity index is 2.56. The molecule has 1 fully saturated rings. The molecule has 2 nitrogen and oxygen atoms in total. The van der Waals surface area contributed by atoms with Crippen molar-refractivity contribution in [3.63, 3.8) is 0 Å². The van der Waals surface area contributed by atoms with Crippen LogP contribution < -0.4 is 0 Å². The van der Waals surface area contributed by atoms with E-state index in [-0.39, 0.29) is 12.0 Å². The molecule has 0 heterocycles.